The Bertz CT molecular complexity index is 642. The Kier molecular flexibility index (Phi) is 3.70. The lowest BCUT2D eigenvalue weighted by Gasteiger charge is -2.07. The molecule has 0 saturated heterocycles. The number of methoxy groups -OCH3 is 1. The topological polar surface area (TPSA) is 73.3 Å². The van der Waals surface area contributed by atoms with Gasteiger partial charge in [0.1, 0.15) is 17.0 Å². The third-order valence-electron chi connectivity index (χ3n) is 2.59. The van der Waals surface area contributed by atoms with E-state index in [0.29, 0.717) is 11.4 Å². The van der Waals surface area contributed by atoms with Crippen LogP contribution in [0.3, 0.4) is 0 Å². The number of rotatable bonds is 4. The number of nitrogens with one attached hydrogen (secondary N) is 1. The highest BCUT2D eigenvalue weighted by molar-refractivity contribution is 5.88. The van der Waals surface area contributed by atoms with E-state index in [9.17, 15) is 9.59 Å². The Morgan fingerprint density at radius 3 is 2.79 bits per heavy atom. The number of nitrogens with zero attached hydrogens (tertiary/aromatic N) is 1. The highest BCUT2D eigenvalue weighted by Crippen LogP contribution is 2.19. The van der Waals surface area contributed by atoms with Crippen molar-refractivity contribution in [1.82, 2.24) is 9.78 Å². The van der Waals surface area contributed by atoms with Crippen molar-refractivity contribution in [2.75, 3.05) is 13.7 Å². The van der Waals surface area contributed by atoms with E-state index in [1.807, 2.05) is 0 Å². The lowest BCUT2D eigenvalue weighted by molar-refractivity contribution is 0.0525. The SMILES string of the molecule is CCOC(=O)c1c[nH]n(-c2ccccc2OC)c1=O. The number of aromatic nitrogens is 2. The number of benzene rings is 1. The number of hydrogen-bond acceptors (Lipinski definition) is 4. The van der Waals surface area contributed by atoms with Crippen molar-refractivity contribution >= 4 is 5.97 Å². The molecule has 2 rings (SSSR count). The molecule has 19 heavy (non-hydrogen) atoms. The first-order valence-electron chi connectivity index (χ1n) is 5.80. The van der Waals surface area contributed by atoms with Gasteiger partial charge in [-0.2, -0.15) is 0 Å². The molecule has 0 aliphatic heterocycles. The number of para-hydroxylation sites is 2. The number of aromatic amines is 1. The molecule has 0 fully saturated rings. The quantitative estimate of drug-likeness (QED) is 0.844. The minimum Gasteiger partial charge on any atom is -0.494 e. The van der Waals surface area contributed by atoms with Crippen LogP contribution in [0.4, 0.5) is 0 Å². The summed E-state index contributed by atoms with van der Waals surface area (Å²) in [4.78, 5) is 23.7. The second-order valence-electron chi connectivity index (χ2n) is 3.72. The average molecular weight is 262 g/mol. The first-order valence-corrected chi connectivity index (χ1v) is 5.80. The summed E-state index contributed by atoms with van der Waals surface area (Å²) >= 11 is 0. The normalized spacial score (nSPS) is 10.2. The van der Waals surface area contributed by atoms with Gasteiger partial charge in [-0.1, -0.05) is 12.1 Å². The van der Waals surface area contributed by atoms with Gasteiger partial charge in [0.05, 0.1) is 13.7 Å². The fraction of sp³-hybridized carbons (Fsp3) is 0.231. The summed E-state index contributed by atoms with van der Waals surface area (Å²) in [6.07, 6.45) is 1.33. The van der Waals surface area contributed by atoms with Crippen LogP contribution in [0.1, 0.15) is 17.3 Å². The molecular weight excluding hydrogens is 248 g/mol. The Morgan fingerprint density at radius 2 is 2.11 bits per heavy atom. The number of carbonyl (C=O) groups is 1. The monoisotopic (exact) mass is 262 g/mol. The van der Waals surface area contributed by atoms with E-state index >= 15 is 0 Å². The highest BCUT2D eigenvalue weighted by atomic mass is 16.5. The van der Waals surface area contributed by atoms with Crippen LogP contribution >= 0.6 is 0 Å². The van der Waals surface area contributed by atoms with E-state index in [1.165, 1.54) is 18.0 Å². The standard InChI is InChI=1S/C13H14N2O4/c1-3-19-13(17)9-8-14-15(12(9)16)10-6-4-5-7-11(10)18-2/h4-8,14H,3H2,1-2H3. The molecule has 0 saturated carbocycles. The third-order valence-corrected chi connectivity index (χ3v) is 2.59. The third kappa shape index (κ3) is 2.37. The lowest BCUT2D eigenvalue weighted by atomic mass is 10.3. The molecule has 1 N–H and O–H groups in total. The van der Waals surface area contributed by atoms with Gasteiger partial charge >= 0.3 is 5.97 Å². The number of carbonyl (C=O) groups excluding carboxylic acids is 1. The van der Waals surface area contributed by atoms with Crippen molar-refractivity contribution in [3.05, 3.63) is 46.4 Å². The molecule has 0 unspecified atom stereocenters. The van der Waals surface area contributed by atoms with Gasteiger partial charge in [0.15, 0.2) is 0 Å². The van der Waals surface area contributed by atoms with Crippen LogP contribution in [0.2, 0.25) is 0 Å². The summed E-state index contributed by atoms with van der Waals surface area (Å²) in [7, 11) is 1.51. The van der Waals surface area contributed by atoms with Gasteiger partial charge in [0, 0.05) is 6.20 Å². The predicted octanol–water partition coefficient (Wildman–Crippen LogP) is 1.35. The van der Waals surface area contributed by atoms with Crippen LogP contribution < -0.4 is 10.3 Å². The number of hydrogen-bond donors (Lipinski definition) is 1. The summed E-state index contributed by atoms with van der Waals surface area (Å²) in [6.45, 7) is 1.90. The Morgan fingerprint density at radius 1 is 1.37 bits per heavy atom. The van der Waals surface area contributed by atoms with Gasteiger partial charge in [-0.3, -0.25) is 9.89 Å². The predicted molar refractivity (Wildman–Crippen MR) is 68.9 cm³/mol. The van der Waals surface area contributed by atoms with Crippen LogP contribution in [0.25, 0.3) is 5.69 Å². The average Bonchev–Trinajstić information content (AvgIpc) is 2.80. The fourth-order valence-corrected chi connectivity index (χ4v) is 1.72. The molecule has 0 radical (unpaired) electrons. The van der Waals surface area contributed by atoms with E-state index in [0.717, 1.165) is 0 Å². The van der Waals surface area contributed by atoms with E-state index in [2.05, 4.69) is 5.10 Å². The number of ether oxygens (including phenoxy) is 2. The lowest BCUT2D eigenvalue weighted by Crippen LogP contribution is -2.21. The van der Waals surface area contributed by atoms with Crippen LogP contribution in [0.5, 0.6) is 5.75 Å². The second-order valence-corrected chi connectivity index (χ2v) is 3.72. The second kappa shape index (κ2) is 5.43. The van der Waals surface area contributed by atoms with Crippen LogP contribution in [0.15, 0.2) is 35.3 Å². The maximum Gasteiger partial charge on any atom is 0.345 e. The zero-order chi connectivity index (χ0) is 13.8. The molecule has 0 bridgehead atoms. The largest absolute Gasteiger partial charge is 0.494 e. The van der Waals surface area contributed by atoms with E-state index in [4.69, 9.17) is 9.47 Å². The zero-order valence-electron chi connectivity index (χ0n) is 10.7. The van der Waals surface area contributed by atoms with E-state index in [-0.39, 0.29) is 12.2 Å². The Labute approximate surface area is 109 Å². The molecule has 2 aromatic rings. The molecule has 100 valence electrons. The molecule has 1 aromatic heterocycles. The summed E-state index contributed by atoms with van der Waals surface area (Å²) in [5.74, 6) is -0.112. The smallest absolute Gasteiger partial charge is 0.345 e. The molecule has 0 aliphatic rings. The molecule has 0 spiro atoms. The van der Waals surface area contributed by atoms with E-state index in [1.54, 1.807) is 31.2 Å². The number of H-pyrrole nitrogens is 1. The van der Waals surface area contributed by atoms with Crippen molar-refractivity contribution in [3.63, 3.8) is 0 Å². The molecule has 1 aromatic carbocycles. The van der Waals surface area contributed by atoms with Crippen molar-refractivity contribution < 1.29 is 14.3 Å². The van der Waals surface area contributed by atoms with Gasteiger partial charge in [0.25, 0.3) is 5.56 Å². The molecule has 0 amide bonds. The fourth-order valence-electron chi connectivity index (χ4n) is 1.72. The van der Waals surface area contributed by atoms with E-state index < -0.39 is 11.5 Å². The Hall–Kier alpha value is -2.50. The summed E-state index contributed by atoms with van der Waals surface area (Å²) in [5, 5.41) is 2.73. The molecule has 0 atom stereocenters. The maximum absolute atomic E-state index is 12.1. The van der Waals surface area contributed by atoms with Crippen molar-refractivity contribution in [1.29, 1.82) is 0 Å². The first-order chi connectivity index (χ1) is 9.19. The molecule has 6 nitrogen and oxygen atoms in total. The summed E-state index contributed by atoms with van der Waals surface area (Å²) in [5.41, 5.74) is 0.0289. The Balaban J connectivity index is 2.48. The zero-order valence-corrected chi connectivity index (χ0v) is 10.7. The minimum atomic E-state index is -0.641. The maximum atomic E-state index is 12.1. The van der Waals surface area contributed by atoms with Crippen LogP contribution in [0, 0.1) is 0 Å². The van der Waals surface area contributed by atoms with Gasteiger partial charge in [-0.05, 0) is 19.1 Å². The van der Waals surface area contributed by atoms with Crippen LogP contribution in [-0.4, -0.2) is 29.5 Å². The molecule has 6 heteroatoms. The molecule has 0 aliphatic carbocycles. The minimum absolute atomic E-state index is 0.0345. The van der Waals surface area contributed by atoms with Crippen molar-refractivity contribution in [2.24, 2.45) is 0 Å². The molecule has 1 heterocycles. The van der Waals surface area contributed by atoms with Gasteiger partial charge in [0.2, 0.25) is 0 Å². The van der Waals surface area contributed by atoms with Crippen LogP contribution in [-0.2, 0) is 4.74 Å². The highest BCUT2D eigenvalue weighted by Gasteiger charge is 2.17. The van der Waals surface area contributed by atoms with Gasteiger partial charge in [-0.25, -0.2) is 9.48 Å². The van der Waals surface area contributed by atoms with Crippen molar-refractivity contribution in [2.45, 2.75) is 6.92 Å². The summed E-state index contributed by atoms with van der Waals surface area (Å²) in [6, 6.07) is 7.01. The number of esters is 1. The van der Waals surface area contributed by atoms with Gasteiger partial charge in [-0.15, -0.1) is 0 Å². The first kappa shape index (κ1) is 12.9. The molecular formula is C13H14N2O4. The summed E-state index contributed by atoms with van der Waals surface area (Å²) < 4.78 is 11.2. The van der Waals surface area contributed by atoms with Gasteiger partial charge < -0.3 is 9.47 Å². The van der Waals surface area contributed by atoms with Crippen molar-refractivity contribution in [3.8, 4) is 11.4 Å².